The van der Waals surface area contributed by atoms with Crippen LogP contribution in [0.5, 0.6) is 5.75 Å². The lowest BCUT2D eigenvalue weighted by Crippen LogP contribution is -2.22. The van der Waals surface area contributed by atoms with Crippen LogP contribution in [0, 0.1) is 5.92 Å². The van der Waals surface area contributed by atoms with Gasteiger partial charge >= 0.3 is 0 Å². The molecule has 0 saturated heterocycles. The maximum absolute atomic E-state index is 10.1. The van der Waals surface area contributed by atoms with Gasteiger partial charge in [-0.05, 0) is 25.8 Å². The molecule has 0 aromatic heterocycles. The number of halogens is 1. The second-order valence-electron chi connectivity index (χ2n) is 4.83. The number of phenols is 1. The number of rotatable bonds is 6. The van der Waals surface area contributed by atoms with Crippen molar-refractivity contribution < 1.29 is 5.11 Å². The van der Waals surface area contributed by atoms with Gasteiger partial charge in [-0.1, -0.05) is 26.3 Å². The van der Waals surface area contributed by atoms with Crippen LogP contribution in [-0.2, 0) is 0 Å². The summed E-state index contributed by atoms with van der Waals surface area (Å²) < 4.78 is 0. The molecule has 0 aliphatic rings. The van der Waals surface area contributed by atoms with E-state index in [9.17, 15) is 5.11 Å². The Balaban J connectivity index is 0.00000324. The third kappa shape index (κ3) is 4.29. The number of anilines is 1. The molecule has 110 valence electrons. The predicted octanol–water partition coefficient (Wildman–Crippen LogP) is 3.71. The molecule has 1 rings (SSSR count). The number of phenolic OH excluding ortho intramolecular Hbond substituents is 1. The van der Waals surface area contributed by atoms with Crippen LogP contribution in [0.4, 0.5) is 5.69 Å². The Bertz CT molecular complexity index is 380. The van der Waals surface area contributed by atoms with Crippen molar-refractivity contribution >= 4 is 18.1 Å². The van der Waals surface area contributed by atoms with Gasteiger partial charge in [0.05, 0.1) is 0 Å². The highest BCUT2D eigenvalue weighted by molar-refractivity contribution is 5.85. The maximum atomic E-state index is 10.1. The minimum atomic E-state index is -0.0965. The van der Waals surface area contributed by atoms with Gasteiger partial charge in [0.1, 0.15) is 5.75 Å². The molecule has 0 saturated carbocycles. The lowest BCUT2D eigenvalue weighted by Gasteiger charge is -2.24. The molecule has 4 heteroatoms. The highest BCUT2D eigenvalue weighted by Gasteiger charge is 2.17. The molecule has 19 heavy (non-hydrogen) atoms. The molecule has 3 N–H and O–H groups in total. The Hall–Kier alpha value is -0.930. The average molecular weight is 287 g/mol. The van der Waals surface area contributed by atoms with E-state index in [0.717, 1.165) is 30.8 Å². The van der Waals surface area contributed by atoms with Crippen molar-refractivity contribution in [3.8, 4) is 5.75 Å². The summed E-state index contributed by atoms with van der Waals surface area (Å²) in [6, 6.07) is 5.73. The van der Waals surface area contributed by atoms with E-state index in [1.54, 1.807) is 0 Å². The topological polar surface area (TPSA) is 49.5 Å². The Morgan fingerprint density at radius 2 is 1.79 bits per heavy atom. The molecule has 0 aliphatic heterocycles. The molecule has 0 fully saturated rings. The lowest BCUT2D eigenvalue weighted by atomic mass is 9.92. The van der Waals surface area contributed by atoms with E-state index in [1.807, 2.05) is 18.2 Å². The fraction of sp³-hybridized carbons (Fsp3) is 0.600. The molecular weight excluding hydrogens is 260 g/mol. The van der Waals surface area contributed by atoms with Crippen LogP contribution in [0.25, 0.3) is 0 Å². The number of nitrogens with zero attached hydrogens (tertiary/aromatic N) is 1. The average Bonchev–Trinajstić information content (AvgIpc) is 2.38. The standard InChI is InChI=1S/C15H26N2O.ClH/c1-5-11(4)15(16)13-9-8-12(10-14(13)18)17(6-2)7-3;/h8-11,15,18H,5-7,16H2,1-4H3;1H/t11?,15-;/m1./s1. The minimum Gasteiger partial charge on any atom is -0.508 e. The number of hydrogen-bond donors (Lipinski definition) is 2. The van der Waals surface area contributed by atoms with E-state index in [2.05, 4.69) is 32.6 Å². The van der Waals surface area contributed by atoms with Crippen LogP contribution in [0.3, 0.4) is 0 Å². The first-order chi connectivity index (χ1) is 8.54. The molecule has 0 aliphatic carbocycles. The molecule has 1 aromatic carbocycles. The monoisotopic (exact) mass is 286 g/mol. The molecule has 3 nitrogen and oxygen atoms in total. The van der Waals surface area contributed by atoms with Crippen LogP contribution < -0.4 is 10.6 Å². The molecule has 0 bridgehead atoms. The summed E-state index contributed by atoms with van der Waals surface area (Å²) in [6.07, 6.45) is 1.01. The third-order valence-corrected chi connectivity index (χ3v) is 3.76. The van der Waals surface area contributed by atoms with E-state index in [1.165, 1.54) is 0 Å². The molecule has 0 radical (unpaired) electrons. The molecule has 0 spiro atoms. The van der Waals surface area contributed by atoms with Crippen molar-refractivity contribution in [3.05, 3.63) is 23.8 Å². The van der Waals surface area contributed by atoms with Gasteiger partial charge < -0.3 is 15.7 Å². The maximum Gasteiger partial charge on any atom is 0.122 e. The second kappa shape index (κ2) is 8.28. The second-order valence-corrected chi connectivity index (χ2v) is 4.83. The zero-order chi connectivity index (χ0) is 13.7. The predicted molar refractivity (Wildman–Crippen MR) is 85.3 cm³/mol. The SMILES string of the molecule is CCC(C)[C@@H](N)c1ccc(N(CC)CC)cc1O.Cl. The summed E-state index contributed by atoms with van der Waals surface area (Å²) in [6.45, 7) is 10.3. The fourth-order valence-electron chi connectivity index (χ4n) is 2.16. The van der Waals surface area contributed by atoms with Gasteiger partial charge in [0, 0.05) is 36.4 Å². The first-order valence-electron chi connectivity index (χ1n) is 6.88. The summed E-state index contributed by atoms with van der Waals surface area (Å²) in [5, 5.41) is 10.1. The van der Waals surface area contributed by atoms with Crippen LogP contribution >= 0.6 is 12.4 Å². The van der Waals surface area contributed by atoms with Gasteiger partial charge in [-0.15, -0.1) is 12.4 Å². The Labute approximate surface area is 123 Å². The number of benzene rings is 1. The molecule has 1 unspecified atom stereocenters. The molecule has 0 amide bonds. The Morgan fingerprint density at radius 1 is 1.21 bits per heavy atom. The van der Waals surface area contributed by atoms with Crippen LogP contribution in [0.1, 0.15) is 45.7 Å². The summed E-state index contributed by atoms with van der Waals surface area (Å²) in [5.74, 6) is 0.683. The summed E-state index contributed by atoms with van der Waals surface area (Å²) in [5.41, 5.74) is 8.07. The van der Waals surface area contributed by atoms with Crippen molar-refractivity contribution in [2.75, 3.05) is 18.0 Å². The number of hydrogen-bond acceptors (Lipinski definition) is 3. The van der Waals surface area contributed by atoms with E-state index >= 15 is 0 Å². The van der Waals surface area contributed by atoms with Gasteiger partial charge in [0.25, 0.3) is 0 Å². The summed E-state index contributed by atoms with van der Waals surface area (Å²) in [7, 11) is 0. The molecule has 1 aromatic rings. The van der Waals surface area contributed by atoms with Crippen LogP contribution in [0.2, 0.25) is 0 Å². The summed E-state index contributed by atoms with van der Waals surface area (Å²) in [4.78, 5) is 2.21. The van der Waals surface area contributed by atoms with Gasteiger partial charge in [-0.3, -0.25) is 0 Å². The first kappa shape index (κ1) is 18.1. The number of nitrogens with two attached hydrogens (primary N) is 1. The Morgan fingerprint density at radius 3 is 2.21 bits per heavy atom. The zero-order valence-corrected chi connectivity index (χ0v) is 13.2. The zero-order valence-electron chi connectivity index (χ0n) is 12.4. The smallest absolute Gasteiger partial charge is 0.122 e. The van der Waals surface area contributed by atoms with Crippen molar-refractivity contribution in [3.63, 3.8) is 0 Å². The fourth-order valence-corrected chi connectivity index (χ4v) is 2.16. The van der Waals surface area contributed by atoms with E-state index < -0.39 is 0 Å². The highest BCUT2D eigenvalue weighted by Crippen LogP contribution is 2.32. The quantitative estimate of drug-likeness (QED) is 0.838. The van der Waals surface area contributed by atoms with Gasteiger partial charge in [-0.2, -0.15) is 0 Å². The van der Waals surface area contributed by atoms with E-state index in [-0.39, 0.29) is 18.4 Å². The van der Waals surface area contributed by atoms with Crippen molar-refractivity contribution in [2.24, 2.45) is 11.7 Å². The Kier molecular flexibility index (Phi) is 7.88. The van der Waals surface area contributed by atoms with Crippen LogP contribution in [-0.4, -0.2) is 18.2 Å². The largest absolute Gasteiger partial charge is 0.508 e. The van der Waals surface area contributed by atoms with Crippen molar-refractivity contribution in [1.29, 1.82) is 0 Å². The van der Waals surface area contributed by atoms with Gasteiger partial charge in [0.15, 0.2) is 0 Å². The lowest BCUT2D eigenvalue weighted by molar-refractivity contribution is 0.419. The van der Waals surface area contributed by atoms with Crippen molar-refractivity contribution in [2.45, 2.75) is 40.2 Å². The van der Waals surface area contributed by atoms with Gasteiger partial charge in [0.2, 0.25) is 0 Å². The highest BCUT2D eigenvalue weighted by atomic mass is 35.5. The summed E-state index contributed by atoms with van der Waals surface area (Å²) >= 11 is 0. The molecule has 0 heterocycles. The normalized spacial score (nSPS) is 13.5. The minimum absolute atomic E-state index is 0. The van der Waals surface area contributed by atoms with E-state index in [4.69, 9.17) is 5.73 Å². The molecular formula is C15H27ClN2O. The molecule has 2 atom stereocenters. The number of aromatic hydroxyl groups is 1. The van der Waals surface area contributed by atoms with Crippen molar-refractivity contribution in [1.82, 2.24) is 0 Å². The van der Waals surface area contributed by atoms with E-state index in [0.29, 0.717) is 11.7 Å². The van der Waals surface area contributed by atoms with Gasteiger partial charge in [-0.25, -0.2) is 0 Å². The van der Waals surface area contributed by atoms with Crippen LogP contribution in [0.15, 0.2) is 18.2 Å². The third-order valence-electron chi connectivity index (χ3n) is 3.76. The first-order valence-corrected chi connectivity index (χ1v) is 6.88.